The molecule has 1 aliphatic rings. The topological polar surface area (TPSA) is 38.0 Å². The molecule has 1 aliphatic carbocycles. The molecule has 2 nitrogen and oxygen atoms in total. The van der Waals surface area contributed by atoms with Crippen molar-refractivity contribution in [1.29, 1.82) is 0 Å². The first-order chi connectivity index (χ1) is 6.29. The van der Waals surface area contributed by atoms with Crippen molar-refractivity contribution in [3.05, 3.63) is 21.9 Å². The highest BCUT2D eigenvalue weighted by molar-refractivity contribution is 7.10. The zero-order valence-corrected chi connectivity index (χ0v) is 8.73. The quantitative estimate of drug-likeness (QED) is 0.573. The maximum Gasteiger partial charge on any atom is 0.0470 e. The number of hydrazine groups is 1. The predicted molar refractivity (Wildman–Crippen MR) is 56.5 cm³/mol. The van der Waals surface area contributed by atoms with E-state index in [1.165, 1.54) is 29.7 Å². The van der Waals surface area contributed by atoms with E-state index in [0.717, 1.165) is 5.92 Å². The predicted octanol–water partition coefficient (Wildman–Crippen LogP) is 2.36. The molecule has 3 heteroatoms. The molecule has 1 atom stereocenters. The lowest BCUT2D eigenvalue weighted by Crippen LogP contribution is -2.28. The SMILES string of the molecule is Cc1cc(C(CC2CC2)NN)cs1. The average molecular weight is 196 g/mol. The van der Waals surface area contributed by atoms with Crippen LogP contribution in [0.3, 0.4) is 0 Å². The summed E-state index contributed by atoms with van der Waals surface area (Å²) in [5, 5.41) is 2.21. The van der Waals surface area contributed by atoms with Crippen LogP contribution in [-0.4, -0.2) is 0 Å². The van der Waals surface area contributed by atoms with Crippen LogP contribution < -0.4 is 11.3 Å². The minimum Gasteiger partial charge on any atom is -0.271 e. The largest absolute Gasteiger partial charge is 0.271 e. The first-order valence-electron chi connectivity index (χ1n) is 4.80. The van der Waals surface area contributed by atoms with Crippen molar-refractivity contribution in [2.75, 3.05) is 0 Å². The Balaban J connectivity index is 2.01. The van der Waals surface area contributed by atoms with Crippen molar-refractivity contribution < 1.29 is 0 Å². The Bertz CT molecular complexity index is 278. The first kappa shape index (κ1) is 9.19. The van der Waals surface area contributed by atoms with Gasteiger partial charge in [0.25, 0.3) is 0 Å². The summed E-state index contributed by atoms with van der Waals surface area (Å²) in [7, 11) is 0. The van der Waals surface area contributed by atoms with Crippen LogP contribution in [0.2, 0.25) is 0 Å². The summed E-state index contributed by atoms with van der Waals surface area (Å²) in [5.41, 5.74) is 4.27. The molecule has 0 aliphatic heterocycles. The van der Waals surface area contributed by atoms with E-state index in [2.05, 4.69) is 23.8 Å². The van der Waals surface area contributed by atoms with E-state index in [4.69, 9.17) is 5.84 Å². The van der Waals surface area contributed by atoms with E-state index in [1.54, 1.807) is 11.3 Å². The smallest absolute Gasteiger partial charge is 0.0470 e. The third-order valence-electron chi connectivity index (χ3n) is 2.62. The van der Waals surface area contributed by atoms with Crippen LogP contribution in [0.1, 0.15) is 35.7 Å². The molecule has 0 bridgehead atoms. The molecular formula is C10H16N2S. The van der Waals surface area contributed by atoms with Crippen LogP contribution >= 0.6 is 11.3 Å². The van der Waals surface area contributed by atoms with Gasteiger partial charge < -0.3 is 0 Å². The summed E-state index contributed by atoms with van der Waals surface area (Å²) >= 11 is 1.80. The Kier molecular flexibility index (Phi) is 2.67. The van der Waals surface area contributed by atoms with Crippen molar-refractivity contribution >= 4 is 11.3 Å². The molecule has 1 aromatic heterocycles. The van der Waals surface area contributed by atoms with Gasteiger partial charge in [0, 0.05) is 10.9 Å². The maximum absolute atomic E-state index is 5.54. The third-order valence-corrected chi connectivity index (χ3v) is 3.50. The molecule has 1 heterocycles. The summed E-state index contributed by atoms with van der Waals surface area (Å²) in [5.74, 6) is 6.46. The summed E-state index contributed by atoms with van der Waals surface area (Å²) in [6.07, 6.45) is 3.98. The second kappa shape index (κ2) is 3.78. The molecule has 13 heavy (non-hydrogen) atoms. The average Bonchev–Trinajstić information content (AvgIpc) is 2.84. The van der Waals surface area contributed by atoms with Crippen molar-refractivity contribution in [3.8, 4) is 0 Å². The lowest BCUT2D eigenvalue weighted by Gasteiger charge is -2.13. The van der Waals surface area contributed by atoms with Crippen molar-refractivity contribution in [2.24, 2.45) is 11.8 Å². The van der Waals surface area contributed by atoms with Crippen molar-refractivity contribution in [3.63, 3.8) is 0 Å². The highest BCUT2D eigenvalue weighted by atomic mass is 32.1. The normalized spacial score (nSPS) is 18.9. The van der Waals surface area contributed by atoms with Crippen LogP contribution in [0.4, 0.5) is 0 Å². The zero-order chi connectivity index (χ0) is 9.26. The highest BCUT2D eigenvalue weighted by Crippen LogP contribution is 2.38. The fraction of sp³-hybridized carbons (Fsp3) is 0.600. The fourth-order valence-electron chi connectivity index (χ4n) is 1.63. The number of aryl methyl sites for hydroxylation is 1. The van der Waals surface area contributed by atoms with Crippen LogP contribution in [-0.2, 0) is 0 Å². The number of nitrogens with two attached hydrogens (primary N) is 1. The van der Waals surface area contributed by atoms with Gasteiger partial charge in [-0.15, -0.1) is 11.3 Å². The van der Waals surface area contributed by atoms with Gasteiger partial charge in [-0.1, -0.05) is 12.8 Å². The molecule has 0 aromatic carbocycles. The van der Waals surface area contributed by atoms with Crippen LogP contribution in [0.25, 0.3) is 0 Å². The molecule has 0 spiro atoms. The first-order valence-corrected chi connectivity index (χ1v) is 5.68. The number of hydrogen-bond donors (Lipinski definition) is 2. The van der Waals surface area contributed by atoms with Crippen LogP contribution in [0.15, 0.2) is 11.4 Å². The minimum atomic E-state index is 0.373. The van der Waals surface area contributed by atoms with Gasteiger partial charge in [-0.3, -0.25) is 11.3 Å². The van der Waals surface area contributed by atoms with E-state index in [9.17, 15) is 0 Å². The fourth-order valence-corrected chi connectivity index (χ4v) is 2.39. The van der Waals surface area contributed by atoms with E-state index in [1.807, 2.05) is 0 Å². The highest BCUT2D eigenvalue weighted by Gasteiger charge is 2.25. The third kappa shape index (κ3) is 2.30. The van der Waals surface area contributed by atoms with E-state index < -0.39 is 0 Å². The molecule has 72 valence electrons. The molecule has 1 unspecified atom stereocenters. The molecule has 0 radical (unpaired) electrons. The molecular weight excluding hydrogens is 180 g/mol. The number of rotatable bonds is 4. The van der Waals surface area contributed by atoms with Gasteiger partial charge >= 0.3 is 0 Å². The number of nitrogens with one attached hydrogen (secondary N) is 1. The van der Waals surface area contributed by atoms with Gasteiger partial charge in [0.1, 0.15) is 0 Å². The molecule has 1 aromatic rings. The molecule has 1 saturated carbocycles. The molecule has 0 saturated heterocycles. The number of thiophene rings is 1. The molecule has 0 amide bonds. The second-order valence-electron chi connectivity index (χ2n) is 3.89. The number of hydrogen-bond acceptors (Lipinski definition) is 3. The maximum atomic E-state index is 5.54. The lowest BCUT2D eigenvalue weighted by atomic mass is 10.0. The van der Waals surface area contributed by atoms with Gasteiger partial charge in [0.2, 0.25) is 0 Å². The standard InChI is InChI=1S/C10H16N2S/c1-7-4-9(6-13-7)10(12-11)5-8-2-3-8/h4,6,8,10,12H,2-3,5,11H2,1H3. The van der Waals surface area contributed by atoms with Crippen LogP contribution in [0.5, 0.6) is 0 Å². The molecule has 2 rings (SSSR count). The summed E-state index contributed by atoms with van der Waals surface area (Å²) < 4.78 is 0. The lowest BCUT2D eigenvalue weighted by molar-refractivity contribution is 0.488. The van der Waals surface area contributed by atoms with E-state index >= 15 is 0 Å². The van der Waals surface area contributed by atoms with Gasteiger partial charge in [-0.2, -0.15) is 0 Å². The van der Waals surface area contributed by atoms with Gasteiger partial charge in [0.05, 0.1) is 0 Å². The molecule has 3 N–H and O–H groups in total. The summed E-state index contributed by atoms with van der Waals surface area (Å²) in [4.78, 5) is 1.37. The van der Waals surface area contributed by atoms with Crippen LogP contribution in [0, 0.1) is 12.8 Å². The Labute approximate surface area is 83.1 Å². The Hall–Kier alpha value is -0.380. The van der Waals surface area contributed by atoms with Gasteiger partial charge in [-0.05, 0) is 36.3 Å². The van der Waals surface area contributed by atoms with Gasteiger partial charge in [0.15, 0.2) is 0 Å². The van der Waals surface area contributed by atoms with Gasteiger partial charge in [-0.25, -0.2) is 0 Å². The second-order valence-corrected chi connectivity index (χ2v) is 5.00. The van der Waals surface area contributed by atoms with Crippen molar-refractivity contribution in [2.45, 2.75) is 32.2 Å². The summed E-state index contributed by atoms with van der Waals surface area (Å²) in [6, 6.07) is 2.61. The Morgan fingerprint density at radius 3 is 2.92 bits per heavy atom. The van der Waals surface area contributed by atoms with E-state index in [-0.39, 0.29) is 0 Å². The van der Waals surface area contributed by atoms with E-state index in [0.29, 0.717) is 6.04 Å². The zero-order valence-electron chi connectivity index (χ0n) is 7.92. The van der Waals surface area contributed by atoms with Crippen molar-refractivity contribution in [1.82, 2.24) is 5.43 Å². The minimum absolute atomic E-state index is 0.373. The Morgan fingerprint density at radius 2 is 2.46 bits per heavy atom. The monoisotopic (exact) mass is 196 g/mol. The Morgan fingerprint density at radius 1 is 1.69 bits per heavy atom. The summed E-state index contributed by atoms with van der Waals surface area (Å²) in [6.45, 7) is 2.14. The molecule has 1 fully saturated rings.